The topological polar surface area (TPSA) is 3.24 Å². The minimum atomic E-state index is -3.39. The molecule has 76 valence electrons. The maximum atomic E-state index is 6.05. The molecule has 3 heteroatoms. The molecule has 0 unspecified atom stereocenters. The highest BCUT2D eigenvalue weighted by atomic mass is 32.1. The molecule has 1 aromatic heterocycles. The van der Waals surface area contributed by atoms with Gasteiger partial charge in [0.15, 0.2) is 0 Å². The van der Waals surface area contributed by atoms with Gasteiger partial charge in [0.1, 0.15) is 0 Å². The van der Waals surface area contributed by atoms with E-state index in [0.29, 0.717) is 6.04 Å². The molecule has 0 atom stereocenters. The van der Waals surface area contributed by atoms with Gasteiger partial charge in [-0.2, -0.15) is 0 Å². The number of nitrogens with zero attached hydrogens (tertiary/aromatic N) is 1. The molecule has 0 N–H and O–H groups in total. The first-order valence-corrected chi connectivity index (χ1v) is 5.31. The van der Waals surface area contributed by atoms with Crippen molar-refractivity contribution in [1.82, 2.24) is 4.90 Å². The first-order valence-electron chi connectivity index (χ1n) is 6.22. The number of thiophene rings is 1. The van der Waals surface area contributed by atoms with Gasteiger partial charge in [0.25, 0.3) is 5.11 Å². The molecule has 0 saturated heterocycles. The maximum absolute atomic E-state index is 6.05. The zero-order chi connectivity index (χ0) is 13.9. The average molecular weight is 234 g/mol. The molecule has 0 aliphatic carbocycles. The van der Waals surface area contributed by atoms with Crippen molar-refractivity contribution in [2.24, 2.45) is 0 Å². The van der Waals surface area contributed by atoms with Gasteiger partial charge in [-0.25, -0.2) is 0 Å². The van der Waals surface area contributed by atoms with E-state index >= 15 is 0 Å². The molecule has 1 aliphatic rings. The lowest BCUT2D eigenvalue weighted by atomic mass is 10.1. The van der Waals surface area contributed by atoms with Gasteiger partial charge >= 0.3 is 0 Å². The smallest absolute Gasteiger partial charge is 0.260 e. The third-order valence-electron chi connectivity index (χ3n) is 2.24. The van der Waals surface area contributed by atoms with E-state index in [1.54, 1.807) is 11.3 Å². The molecule has 0 fully saturated rings. The molecule has 14 heavy (non-hydrogen) atoms. The van der Waals surface area contributed by atoms with Crippen molar-refractivity contribution < 1.29 is 0 Å². The van der Waals surface area contributed by atoms with Crippen molar-refractivity contribution in [2.75, 3.05) is 0 Å². The lowest BCUT2D eigenvalue weighted by Crippen LogP contribution is -2.24. The number of hydrogen-bond acceptors (Lipinski definition) is 2. The Hall–Kier alpha value is -0.590. The zero-order valence-corrected chi connectivity index (χ0v) is 10.1. The van der Waals surface area contributed by atoms with Gasteiger partial charge in [-0.15, -0.1) is 11.3 Å². The Bertz CT molecular complexity index is 444. The van der Waals surface area contributed by atoms with Crippen LogP contribution in [0.25, 0.3) is 11.8 Å². The van der Waals surface area contributed by atoms with E-state index in [1.807, 2.05) is 0 Å². The summed E-state index contributed by atoms with van der Waals surface area (Å²) in [7, 11) is -3.39. The normalized spacial score (nSPS) is 18.8. The van der Waals surface area contributed by atoms with Crippen LogP contribution >= 0.6 is 21.0 Å². The Morgan fingerprint density at radius 2 is 2.36 bits per heavy atom. The molecule has 2 heterocycles. The Morgan fingerprint density at radius 1 is 1.64 bits per heavy atom. The van der Waals surface area contributed by atoms with Gasteiger partial charge in [0.2, 0.25) is 0 Å². The van der Waals surface area contributed by atoms with Crippen LogP contribution in [0.15, 0.2) is 24.2 Å². The van der Waals surface area contributed by atoms with E-state index in [0.717, 1.165) is 5.70 Å². The van der Waals surface area contributed by atoms with Crippen LogP contribution in [0.4, 0.5) is 0 Å². The minimum absolute atomic E-state index is 0.485. The van der Waals surface area contributed by atoms with Crippen LogP contribution in [0.2, 0.25) is 0 Å². The Balaban J connectivity index is 0.000000280. The van der Waals surface area contributed by atoms with E-state index in [1.165, 1.54) is 10.4 Å². The predicted molar refractivity (Wildman–Crippen MR) is 71.9 cm³/mol. The second-order valence-electron chi connectivity index (χ2n) is 3.47. The zero-order valence-electron chi connectivity index (χ0n) is 12.4. The predicted octanol–water partition coefficient (Wildman–Crippen LogP) is 3.20. The van der Waals surface area contributed by atoms with Crippen LogP contribution in [0.5, 0.6) is 0 Å². The highest BCUT2D eigenvalue weighted by molar-refractivity contribution is 7.11. The fourth-order valence-corrected chi connectivity index (χ4v) is 2.40. The molecule has 1 aromatic rings. The number of fused-ring (bicyclic) bond motifs is 1. The summed E-state index contributed by atoms with van der Waals surface area (Å²) in [6.45, 7) is 8.46. The summed E-state index contributed by atoms with van der Waals surface area (Å²) < 4.78 is 24.2. The van der Waals surface area contributed by atoms with Crippen LogP contribution in [-0.2, 0) is 0 Å². The molecular formula is C11H17NPS+. The molecule has 0 aromatic carbocycles. The molecule has 1 aliphatic heterocycles. The summed E-state index contributed by atoms with van der Waals surface area (Å²) in [5.74, 6) is 0. The minimum Gasteiger partial charge on any atom is -0.345 e. The molecule has 0 amide bonds. The van der Waals surface area contributed by atoms with Gasteiger partial charge in [-0.3, -0.25) is 0 Å². The van der Waals surface area contributed by atoms with Crippen molar-refractivity contribution in [1.29, 1.82) is 5.11 Å². The van der Waals surface area contributed by atoms with Crippen LogP contribution in [0, 0.1) is 0 Å². The first kappa shape index (κ1) is 6.81. The van der Waals surface area contributed by atoms with Gasteiger partial charge in [0, 0.05) is 12.2 Å². The highest BCUT2D eigenvalue weighted by Crippen LogP contribution is 2.33. The van der Waals surface area contributed by atoms with E-state index in [2.05, 4.69) is 49.0 Å². The summed E-state index contributed by atoms with van der Waals surface area (Å²) in [6, 6.07) is 2.62. The van der Waals surface area contributed by atoms with Crippen molar-refractivity contribution in [3.8, 4) is 0 Å². The van der Waals surface area contributed by atoms with Crippen LogP contribution in [0.3, 0.4) is 0 Å². The fraction of sp³-hybridized carbons (Fsp3) is 0.273. The van der Waals surface area contributed by atoms with Crippen molar-refractivity contribution >= 4 is 32.8 Å². The van der Waals surface area contributed by atoms with Gasteiger partial charge in [-0.1, -0.05) is 6.58 Å². The third kappa shape index (κ3) is 1.77. The number of hydrogen-bond donors (Lipinski definition) is 0. The largest absolute Gasteiger partial charge is 0.345 e. The average Bonchev–Trinajstić information content (AvgIpc) is 2.63. The summed E-state index contributed by atoms with van der Waals surface area (Å²) in [5.41, 5.74) is 2.43. The van der Waals surface area contributed by atoms with E-state index in [4.69, 9.17) is 5.11 Å². The molecule has 1 nitrogen and oxygen atoms in total. The summed E-state index contributed by atoms with van der Waals surface area (Å²) in [4.78, 5) is 3.51. The highest BCUT2D eigenvalue weighted by Gasteiger charge is 2.17. The molecule has 0 radical (unpaired) electrons. The fourth-order valence-electron chi connectivity index (χ4n) is 1.54. The summed E-state index contributed by atoms with van der Waals surface area (Å²) in [6.07, 6.45) is 4.27. The Labute approximate surface area is 97.9 Å². The summed E-state index contributed by atoms with van der Waals surface area (Å²) in [5, 5.41) is 2.12. The third-order valence-corrected chi connectivity index (χ3v) is 3.22. The molecule has 0 saturated carbocycles. The van der Waals surface area contributed by atoms with Crippen molar-refractivity contribution in [3.63, 3.8) is 0 Å². The molecular weight excluding hydrogens is 209 g/mol. The summed E-state index contributed by atoms with van der Waals surface area (Å²) >= 11 is 1.76. The molecule has 0 spiro atoms. The quantitative estimate of drug-likeness (QED) is 0.674. The Kier molecular flexibility index (Phi) is 2.09. The molecule has 0 bridgehead atoms. The second kappa shape index (κ2) is 4.29. The van der Waals surface area contributed by atoms with Gasteiger partial charge in [-0.05, 0) is 46.6 Å². The monoisotopic (exact) mass is 234 g/mol. The van der Waals surface area contributed by atoms with E-state index in [9.17, 15) is 0 Å². The SMILES string of the molecule is C=C1c2sccc2C=CN1C(C)C.[3H][P+]([3H])([3H])[3H]. The van der Waals surface area contributed by atoms with Crippen LogP contribution in [-0.4, -0.2) is 16.1 Å². The second-order valence-corrected chi connectivity index (χ2v) is 4.38. The maximum Gasteiger partial charge on any atom is 0.260 e. The van der Waals surface area contributed by atoms with Crippen molar-refractivity contribution in [3.05, 3.63) is 34.7 Å². The van der Waals surface area contributed by atoms with Gasteiger partial charge < -0.3 is 4.90 Å². The lowest BCUT2D eigenvalue weighted by molar-refractivity contribution is 0.439. The first-order chi connectivity index (χ1) is 8.20. The number of rotatable bonds is 1. The van der Waals surface area contributed by atoms with E-state index < -0.39 is 9.68 Å². The van der Waals surface area contributed by atoms with Crippen LogP contribution < -0.4 is 0 Å². The lowest BCUT2D eigenvalue weighted by Gasteiger charge is -2.29. The van der Waals surface area contributed by atoms with Crippen LogP contribution in [0.1, 0.15) is 24.3 Å². The van der Waals surface area contributed by atoms with E-state index in [-0.39, 0.29) is 0 Å². The standard InChI is InChI=1S/C11H13NS.H3P/c1-8(2)12-6-4-10-5-7-13-11(10)9(12)3;/h4-8H,3H2,1-2H3;1H3/p+1/i;1T3/hT. The van der Waals surface area contributed by atoms with Crippen molar-refractivity contribution in [2.45, 2.75) is 19.9 Å². The van der Waals surface area contributed by atoms with Gasteiger partial charge in [0.05, 0.1) is 10.6 Å². The Morgan fingerprint density at radius 3 is 3.00 bits per heavy atom. The molecule has 2 rings (SSSR count).